The van der Waals surface area contributed by atoms with Gasteiger partial charge in [-0.1, -0.05) is 92.2 Å². The summed E-state index contributed by atoms with van der Waals surface area (Å²) in [5.41, 5.74) is 13.1. The molecule has 200 valence electrons. The SMILES string of the molecule is CCCC(N)c1cccc2c1C1C(OC(=O)c3ccccc3)C(OC(=O)c3ccccc3)C3c4ccccc4[C@@]231. The van der Waals surface area contributed by atoms with E-state index in [9.17, 15) is 9.59 Å². The molecule has 5 unspecified atom stereocenters. The molecule has 7 rings (SSSR count). The van der Waals surface area contributed by atoms with Crippen molar-refractivity contribution in [1.29, 1.82) is 0 Å². The van der Waals surface area contributed by atoms with E-state index in [0.29, 0.717) is 11.1 Å². The summed E-state index contributed by atoms with van der Waals surface area (Å²) in [4.78, 5) is 27.0. The molecule has 0 radical (unpaired) electrons. The Bertz CT molecular complexity index is 1600. The number of carbonyl (C=O) groups excluding carboxylic acids is 2. The number of fused-ring (bicyclic) bond motifs is 4. The number of ether oxygens (including phenoxy) is 2. The van der Waals surface area contributed by atoms with Crippen molar-refractivity contribution in [2.75, 3.05) is 0 Å². The van der Waals surface area contributed by atoms with Crippen LogP contribution in [0.15, 0.2) is 103 Å². The van der Waals surface area contributed by atoms with Crippen molar-refractivity contribution in [3.8, 4) is 0 Å². The van der Waals surface area contributed by atoms with Crippen LogP contribution in [0.4, 0.5) is 0 Å². The minimum Gasteiger partial charge on any atom is -0.454 e. The highest BCUT2D eigenvalue weighted by atomic mass is 16.6. The van der Waals surface area contributed by atoms with Crippen LogP contribution < -0.4 is 5.73 Å². The molecule has 4 aromatic rings. The van der Waals surface area contributed by atoms with E-state index in [2.05, 4.69) is 43.3 Å². The second-order valence-corrected chi connectivity index (χ2v) is 11.1. The fourth-order valence-corrected chi connectivity index (χ4v) is 7.59. The van der Waals surface area contributed by atoms with Gasteiger partial charge in [-0.2, -0.15) is 0 Å². The average Bonchev–Trinajstić information content (AvgIpc) is 3.17. The maximum Gasteiger partial charge on any atom is 0.338 e. The summed E-state index contributed by atoms with van der Waals surface area (Å²) < 4.78 is 12.7. The summed E-state index contributed by atoms with van der Waals surface area (Å²) in [7, 11) is 0. The zero-order chi connectivity index (χ0) is 27.4. The number of hydrogen-bond donors (Lipinski definition) is 1. The maximum absolute atomic E-state index is 13.5. The third-order valence-electron chi connectivity index (χ3n) is 9.10. The highest BCUT2D eigenvalue weighted by Crippen LogP contribution is 2.77. The van der Waals surface area contributed by atoms with E-state index in [-0.39, 0.29) is 17.9 Å². The minimum atomic E-state index is -0.666. The molecule has 3 aliphatic rings. The molecule has 0 bridgehead atoms. The number of carbonyl (C=O) groups is 2. The quantitative estimate of drug-likeness (QED) is 0.279. The molecule has 0 aromatic heterocycles. The van der Waals surface area contributed by atoms with Gasteiger partial charge in [0.25, 0.3) is 0 Å². The Hall–Kier alpha value is -4.22. The Balaban J connectivity index is 1.37. The average molecular weight is 530 g/mol. The molecule has 3 aliphatic carbocycles. The van der Waals surface area contributed by atoms with Crippen LogP contribution in [0.25, 0.3) is 0 Å². The van der Waals surface area contributed by atoms with Gasteiger partial charge in [0.2, 0.25) is 0 Å². The summed E-state index contributed by atoms with van der Waals surface area (Å²) in [6, 6.07) is 32.6. The molecule has 1 fully saturated rings. The van der Waals surface area contributed by atoms with Crippen LogP contribution in [-0.2, 0) is 14.9 Å². The highest BCUT2D eigenvalue weighted by molar-refractivity contribution is 5.91. The van der Waals surface area contributed by atoms with Gasteiger partial charge in [-0.05, 0) is 58.5 Å². The van der Waals surface area contributed by atoms with Gasteiger partial charge in [0, 0.05) is 23.3 Å². The Morgan fingerprint density at radius 1 is 0.725 bits per heavy atom. The fraction of sp³-hybridized carbons (Fsp3) is 0.257. The van der Waals surface area contributed by atoms with Gasteiger partial charge < -0.3 is 15.2 Å². The zero-order valence-electron chi connectivity index (χ0n) is 22.3. The van der Waals surface area contributed by atoms with Gasteiger partial charge in [-0.3, -0.25) is 0 Å². The first-order chi connectivity index (χ1) is 19.6. The van der Waals surface area contributed by atoms with E-state index < -0.39 is 29.6 Å². The maximum atomic E-state index is 13.5. The monoisotopic (exact) mass is 529 g/mol. The lowest BCUT2D eigenvalue weighted by atomic mass is 9.43. The van der Waals surface area contributed by atoms with Gasteiger partial charge in [0.05, 0.1) is 11.1 Å². The van der Waals surface area contributed by atoms with E-state index in [1.54, 1.807) is 24.3 Å². The molecule has 4 aromatic carbocycles. The molecule has 1 spiro atoms. The molecule has 0 heterocycles. The molecule has 5 nitrogen and oxygen atoms in total. The van der Waals surface area contributed by atoms with E-state index in [0.717, 1.165) is 29.5 Å². The molecule has 2 N–H and O–H groups in total. The van der Waals surface area contributed by atoms with Crippen molar-refractivity contribution in [3.63, 3.8) is 0 Å². The van der Waals surface area contributed by atoms with Crippen molar-refractivity contribution in [3.05, 3.63) is 142 Å². The summed E-state index contributed by atoms with van der Waals surface area (Å²) >= 11 is 0. The molecular formula is C35H31NO4. The smallest absolute Gasteiger partial charge is 0.338 e. The first kappa shape index (κ1) is 24.8. The number of nitrogens with two attached hydrogens (primary N) is 1. The van der Waals surface area contributed by atoms with Crippen LogP contribution in [0.5, 0.6) is 0 Å². The van der Waals surface area contributed by atoms with Crippen molar-refractivity contribution in [2.24, 2.45) is 5.73 Å². The largest absolute Gasteiger partial charge is 0.454 e. The zero-order valence-corrected chi connectivity index (χ0v) is 22.3. The summed E-state index contributed by atoms with van der Waals surface area (Å²) in [5, 5.41) is 0. The van der Waals surface area contributed by atoms with Crippen molar-refractivity contribution >= 4 is 11.9 Å². The van der Waals surface area contributed by atoms with Crippen LogP contribution in [0.2, 0.25) is 0 Å². The molecular weight excluding hydrogens is 498 g/mol. The Labute approximate surface area is 233 Å². The van der Waals surface area contributed by atoms with Crippen LogP contribution >= 0.6 is 0 Å². The molecule has 0 amide bonds. The number of benzene rings is 4. The van der Waals surface area contributed by atoms with Crippen LogP contribution in [-0.4, -0.2) is 24.1 Å². The minimum absolute atomic E-state index is 0.123. The summed E-state index contributed by atoms with van der Waals surface area (Å²) in [6.45, 7) is 2.13. The number of esters is 2. The standard InChI is InChI=1S/C35H31NO4/c1-2-12-27(36)24-18-11-20-26-28(24)30-32(40-34(38)22-15-7-4-8-16-22)31(39-33(37)21-13-5-3-6-14-21)29-23-17-9-10-19-25(23)35(26,29)30/h3-11,13-20,27,29-32H,2,12,36H2,1H3/t27?,29?,30?,31?,32?,35-/m1/s1. The Morgan fingerprint density at radius 2 is 1.27 bits per heavy atom. The van der Waals surface area contributed by atoms with Gasteiger partial charge in [-0.15, -0.1) is 0 Å². The number of hydrogen-bond acceptors (Lipinski definition) is 5. The lowest BCUT2D eigenvalue weighted by Crippen LogP contribution is -2.54. The summed E-state index contributed by atoms with van der Waals surface area (Å²) in [5.74, 6) is -1.13. The van der Waals surface area contributed by atoms with E-state index in [1.165, 1.54) is 11.1 Å². The van der Waals surface area contributed by atoms with Crippen molar-refractivity contribution in [2.45, 2.75) is 55.3 Å². The lowest BCUT2D eigenvalue weighted by molar-refractivity contribution is -0.0318. The van der Waals surface area contributed by atoms with Crippen LogP contribution in [0.1, 0.15) is 86.2 Å². The van der Waals surface area contributed by atoms with Crippen molar-refractivity contribution in [1.82, 2.24) is 0 Å². The van der Waals surface area contributed by atoms with Crippen LogP contribution in [0, 0.1) is 0 Å². The Morgan fingerprint density at radius 3 is 1.90 bits per heavy atom. The molecule has 40 heavy (non-hydrogen) atoms. The first-order valence-electron chi connectivity index (χ1n) is 14.1. The fourth-order valence-electron chi connectivity index (χ4n) is 7.59. The van der Waals surface area contributed by atoms with E-state index in [1.807, 2.05) is 42.5 Å². The third-order valence-corrected chi connectivity index (χ3v) is 9.10. The summed E-state index contributed by atoms with van der Waals surface area (Å²) in [6.07, 6.45) is 0.510. The van der Waals surface area contributed by atoms with Crippen molar-refractivity contribution < 1.29 is 19.1 Å². The molecule has 5 heteroatoms. The molecule has 1 saturated carbocycles. The van der Waals surface area contributed by atoms with Gasteiger partial charge in [-0.25, -0.2) is 9.59 Å². The Kier molecular flexibility index (Phi) is 5.86. The predicted octanol–water partition coefficient (Wildman–Crippen LogP) is 6.43. The topological polar surface area (TPSA) is 78.6 Å². The lowest BCUT2D eigenvalue weighted by Gasteiger charge is -2.59. The van der Waals surface area contributed by atoms with Crippen LogP contribution in [0.3, 0.4) is 0 Å². The second kappa shape index (κ2) is 9.46. The second-order valence-electron chi connectivity index (χ2n) is 11.1. The van der Waals surface area contributed by atoms with Gasteiger partial charge in [0.1, 0.15) is 12.2 Å². The molecule has 0 aliphatic heterocycles. The third kappa shape index (κ3) is 3.37. The first-order valence-corrected chi connectivity index (χ1v) is 14.1. The highest BCUT2D eigenvalue weighted by Gasteiger charge is 2.76. The predicted molar refractivity (Wildman–Crippen MR) is 152 cm³/mol. The molecule has 0 saturated heterocycles. The normalized spacial score (nSPS) is 25.6. The van der Waals surface area contributed by atoms with Gasteiger partial charge >= 0.3 is 11.9 Å². The van der Waals surface area contributed by atoms with Gasteiger partial charge in [0.15, 0.2) is 0 Å². The number of rotatable bonds is 7. The molecule has 6 atom stereocenters. The van der Waals surface area contributed by atoms with E-state index in [4.69, 9.17) is 15.2 Å². The van der Waals surface area contributed by atoms with E-state index >= 15 is 0 Å².